The van der Waals surface area contributed by atoms with E-state index in [0.29, 0.717) is 33.9 Å². The summed E-state index contributed by atoms with van der Waals surface area (Å²) < 4.78 is 9.00. The number of nitrogens with zero attached hydrogens (tertiary/aromatic N) is 7. The molecule has 1 N–H and O–H groups in total. The van der Waals surface area contributed by atoms with E-state index in [0.717, 1.165) is 11.3 Å². The van der Waals surface area contributed by atoms with Crippen LogP contribution in [0.1, 0.15) is 47.7 Å². The van der Waals surface area contributed by atoms with Gasteiger partial charge in [-0.15, -0.1) is 0 Å². The van der Waals surface area contributed by atoms with Crippen molar-refractivity contribution in [3.8, 4) is 17.3 Å². The molecular formula is C28H31ClN8O3. The Morgan fingerprint density at radius 2 is 1.82 bits per heavy atom. The van der Waals surface area contributed by atoms with Crippen molar-refractivity contribution in [1.82, 2.24) is 24.1 Å². The molecule has 1 aliphatic rings. The fourth-order valence-electron chi connectivity index (χ4n) is 5.03. The Kier molecular flexibility index (Phi) is 7.01. The molecule has 1 unspecified atom stereocenters. The van der Waals surface area contributed by atoms with Crippen molar-refractivity contribution in [3.05, 3.63) is 75.1 Å². The van der Waals surface area contributed by atoms with Gasteiger partial charge in [-0.3, -0.25) is 14.5 Å². The Balaban J connectivity index is 1.79. The van der Waals surface area contributed by atoms with Crippen LogP contribution in [-0.2, 0) is 7.05 Å². The fraction of sp³-hybridized carbons (Fsp3) is 0.321. The number of amides is 1. The Morgan fingerprint density at radius 3 is 2.42 bits per heavy atom. The highest BCUT2D eigenvalue weighted by molar-refractivity contribution is 6.30. The van der Waals surface area contributed by atoms with Crippen molar-refractivity contribution in [1.29, 1.82) is 0 Å². The highest BCUT2D eigenvalue weighted by Gasteiger charge is 2.46. The first-order valence-corrected chi connectivity index (χ1v) is 13.1. The number of pyridine rings is 1. The standard InChI is InChI=1S/C28H31ClN8O3/c1-15(2)36-23-21(32-24(36)19-13-31-28(34(4)5)33-25(19)40-7)27(39)37(20-12-17(29)14-35(6)26(20)38)22(23)16-8-10-18(30-3)11-9-16/h8-15,22,30H,1-7H3. The lowest BCUT2D eigenvalue weighted by atomic mass is 10.0. The van der Waals surface area contributed by atoms with Crippen LogP contribution in [0.15, 0.2) is 47.5 Å². The summed E-state index contributed by atoms with van der Waals surface area (Å²) in [5.74, 6) is 0.929. The fourth-order valence-corrected chi connectivity index (χ4v) is 5.28. The minimum Gasteiger partial charge on any atom is -0.480 e. The maximum atomic E-state index is 14.2. The minimum atomic E-state index is -0.642. The highest BCUT2D eigenvalue weighted by atomic mass is 35.5. The number of aromatic nitrogens is 5. The molecule has 1 aromatic carbocycles. The number of benzene rings is 1. The normalized spacial score (nSPS) is 14.6. The molecule has 1 aliphatic heterocycles. The van der Waals surface area contributed by atoms with Gasteiger partial charge in [0.1, 0.15) is 17.6 Å². The van der Waals surface area contributed by atoms with E-state index in [2.05, 4.69) is 15.3 Å². The van der Waals surface area contributed by atoms with Gasteiger partial charge in [-0.25, -0.2) is 9.97 Å². The third-order valence-corrected chi connectivity index (χ3v) is 7.09. The number of carbonyl (C=O) groups excluding carboxylic acids is 1. The number of carbonyl (C=O) groups is 1. The molecule has 0 bridgehead atoms. The van der Waals surface area contributed by atoms with E-state index >= 15 is 0 Å². The SMILES string of the molecule is CNc1ccc(C2c3c(nc(-c4cnc(N(C)C)nc4OC)n3C(C)C)C(=O)N2c2cc(Cl)cn(C)c2=O)cc1. The molecule has 0 aliphatic carbocycles. The zero-order chi connectivity index (χ0) is 28.9. The van der Waals surface area contributed by atoms with Crippen LogP contribution in [0.5, 0.6) is 5.88 Å². The van der Waals surface area contributed by atoms with Crippen molar-refractivity contribution >= 4 is 34.8 Å². The van der Waals surface area contributed by atoms with Gasteiger partial charge in [0.15, 0.2) is 5.69 Å². The van der Waals surface area contributed by atoms with Crippen LogP contribution in [0.4, 0.5) is 17.3 Å². The van der Waals surface area contributed by atoms with Crippen molar-refractivity contribution in [3.63, 3.8) is 0 Å². The smallest absolute Gasteiger partial charge is 0.279 e. The predicted octanol–water partition coefficient (Wildman–Crippen LogP) is 4.14. The van der Waals surface area contributed by atoms with Crippen molar-refractivity contribution in [2.45, 2.75) is 25.9 Å². The van der Waals surface area contributed by atoms with Gasteiger partial charge in [-0.2, -0.15) is 4.98 Å². The molecule has 0 fully saturated rings. The summed E-state index contributed by atoms with van der Waals surface area (Å²) in [5, 5.41) is 3.46. The maximum absolute atomic E-state index is 14.2. The van der Waals surface area contributed by atoms with Gasteiger partial charge in [-0.05, 0) is 37.6 Å². The molecule has 4 heterocycles. The van der Waals surface area contributed by atoms with Gasteiger partial charge in [0.05, 0.1) is 23.4 Å². The second-order valence-electron chi connectivity index (χ2n) is 10.0. The molecular weight excluding hydrogens is 532 g/mol. The Morgan fingerprint density at radius 1 is 1.12 bits per heavy atom. The molecule has 11 nitrogen and oxygen atoms in total. The number of fused-ring (bicyclic) bond motifs is 1. The average Bonchev–Trinajstić information content (AvgIpc) is 3.45. The number of ether oxygens (including phenoxy) is 1. The maximum Gasteiger partial charge on any atom is 0.279 e. The number of halogens is 1. The van der Waals surface area contributed by atoms with Crippen LogP contribution >= 0.6 is 11.6 Å². The van der Waals surface area contributed by atoms with Gasteiger partial charge in [0.2, 0.25) is 11.8 Å². The third-order valence-electron chi connectivity index (χ3n) is 6.88. The van der Waals surface area contributed by atoms with Crippen molar-refractivity contribution in [2.75, 3.05) is 43.4 Å². The van der Waals surface area contributed by atoms with Crippen LogP contribution in [0.2, 0.25) is 5.02 Å². The monoisotopic (exact) mass is 562 g/mol. The van der Waals surface area contributed by atoms with E-state index in [1.807, 2.05) is 63.8 Å². The van der Waals surface area contributed by atoms with Crippen LogP contribution in [0, 0.1) is 0 Å². The molecule has 1 atom stereocenters. The number of rotatable bonds is 7. The molecule has 3 aromatic heterocycles. The van der Waals surface area contributed by atoms with E-state index in [1.54, 1.807) is 18.1 Å². The number of hydrogen-bond donors (Lipinski definition) is 1. The number of imidazole rings is 1. The van der Waals surface area contributed by atoms with Gasteiger partial charge in [0.25, 0.3) is 11.5 Å². The molecule has 0 spiro atoms. The number of aryl methyl sites for hydroxylation is 1. The largest absolute Gasteiger partial charge is 0.480 e. The summed E-state index contributed by atoms with van der Waals surface area (Å²) in [6, 6.07) is 8.51. The number of nitrogens with one attached hydrogen (secondary N) is 1. The summed E-state index contributed by atoms with van der Waals surface area (Å²) in [5.41, 5.74) is 3.02. The second kappa shape index (κ2) is 10.3. The number of hydrogen-bond acceptors (Lipinski definition) is 8. The summed E-state index contributed by atoms with van der Waals surface area (Å²) >= 11 is 6.36. The van der Waals surface area contributed by atoms with Crippen LogP contribution < -0.4 is 25.4 Å². The lowest BCUT2D eigenvalue weighted by Gasteiger charge is -2.28. The zero-order valence-electron chi connectivity index (χ0n) is 23.4. The number of methoxy groups -OCH3 is 1. The molecule has 208 valence electrons. The first kappa shape index (κ1) is 27.2. The van der Waals surface area contributed by atoms with Crippen molar-refractivity contribution < 1.29 is 9.53 Å². The lowest BCUT2D eigenvalue weighted by molar-refractivity contribution is 0.0989. The van der Waals surface area contributed by atoms with Crippen LogP contribution in [0.25, 0.3) is 11.4 Å². The summed E-state index contributed by atoms with van der Waals surface area (Å²) in [6.45, 7) is 4.03. The molecule has 1 amide bonds. The van der Waals surface area contributed by atoms with Gasteiger partial charge in [0, 0.05) is 52.3 Å². The molecule has 12 heteroatoms. The summed E-state index contributed by atoms with van der Waals surface area (Å²) in [6.07, 6.45) is 3.18. The molecule has 40 heavy (non-hydrogen) atoms. The molecule has 5 rings (SSSR count). The predicted molar refractivity (Wildman–Crippen MR) is 156 cm³/mol. The second-order valence-corrected chi connectivity index (χ2v) is 10.5. The van der Waals surface area contributed by atoms with Crippen LogP contribution in [-0.4, -0.2) is 58.2 Å². The summed E-state index contributed by atoms with van der Waals surface area (Å²) in [4.78, 5) is 44.6. The summed E-state index contributed by atoms with van der Waals surface area (Å²) in [7, 11) is 8.67. The van der Waals surface area contributed by atoms with Gasteiger partial charge >= 0.3 is 0 Å². The van der Waals surface area contributed by atoms with Gasteiger partial charge in [-0.1, -0.05) is 23.7 Å². The topological polar surface area (TPSA) is 110 Å². The van der Waals surface area contributed by atoms with Gasteiger partial charge < -0.3 is 24.1 Å². The quantitative estimate of drug-likeness (QED) is 0.358. The van der Waals surface area contributed by atoms with E-state index < -0.39 is 11.9 Å². The first-order valence-electron chi connectivity index (χ1n) is 12.8. The molecule has 0 saturated heterocycles. The van der Waals surface area contributed by atoms with E-state index in [9.17, 15) is 9.59 Å². The molecule has 4 aromatic rings. The Hall–Kier alpha value is -4.38. The minimum absolute atomic E-state index is 0.112. The van der Waals surface area contributed by atoms with E-state index in [1.165, 1.54) is 28.8 Å². The highest BCUT2D eigenvalue weighted by Crippen LogP contribution is 2.45. The van der Waals surface area contributed by atoms with Crippen LogP contribution in [0.3, 0.4) is 0 Å². The lowest BCUT2D eigenvalue weighted by Crippen LogP contribution is -2.36. The van der Waals surface area contributed by atoms with E-state index in [4.69, 9.17) is 21.3 Å². The average molecular weight is 563 g/mol. The first-order chi connectivity index (χ1) is 19.1. The Labute approximate surface area is 237 Å². The Bertz CT molecular complexity index is 1660. The zero-order valence-corrected chi connectivity index (χ0v) is 24.2. The van der Waals surface area contributed by atoms with Crippen molar-refractivity contribution in [2.24, 2.45) is 7.05 Å². The molecule has 0 radical (unpaired) electrons. The number of anilines is 3. The third kappa shape index (κ3) is 4.36. The van der Waals surface area contributed by atoms with E-state index in [-0.39, 0.29) is 23.0 Å². The molecule has 0 saturated carbocycles.